The molecule has 0 spiro atoms. The van der Waals surface area contributed by atoms with E-state index in [4.69, 9.17) is 10.5 Å². The smallest absolute Gasteiger partial charge is 0.143 e. The lowest BCUT2D eigenvalue weighted by molar-refractivity contribution is 0.415. The number of fused-ring (bicyclic) bond motifs is 1. The molecule has 0 radical (unpaired) electrons. The van der Waals surface area contributed by atoms with Crippen LogP contribution in [0.4, 0.5) is 10.1 Å². The second-order valence-electron chi connectivity index (χ2n) is 4.77. The Kier molecular flexibility index (Phi) is 3.25. The van der Waals surface area contributed by atoms with Crippen molar-refractivity contribution in [2.24, 2.45) is 0 Å². The number of rotatable bonds is 3. The number of nitrogen functional groups attached to an aromatic ring is 1. The van der Waals surface area contributed by atoms with Gasteiger partial charge in [0.15, 0.2) is 0 Å². The van der Waals surface area contributed by atoms with E-state index < -0.39 is 0 Å². The highest BCUT2D eigenvalue weighted by molar-refractivity contribution is 5.84. The lowest BCUT2D eigenvalue weighted by atomic mass is 10.1. The number of methoxy groups -OCH3 is 1. The number of ether oxygens (including phenoxy) is 1. The Bertz CT molecular complexity index is 811. The van der Waals surface area contributed by atoms with Gasteiger partial charge in [0.2, 0.25) is 0 Å². The number of nitrogens with zero attached hydrogens (tertiary/aromatic N) is 2. The summed E-state index contributed by atoms with van der Waals surface area (Å²) in [6.45, 7) is 2.75. The first-order chi connectivity index (χ1) is 10.1. The van der Waals surface area contributed by atoms with Gasteiger partial charge in [0.1, 0.15) is 17.4 Å². The maximum atomic E-state index is 13.4. The van der Waals surface area contributed by atoms with Crippen molar-refractivity contribution in [1.82, 2.24) is 9.55 Å². The molecule has 108 valence electrons. The first kappa shape index (κ1) is 13.4. The molecule has 0 amide bonds. The highest BCUT2D eigenvalue weighted by Gasteiger charge is 2.14. The van der Waals surface area contributed by atoms with E-state index in [0.29, 0.717) is 17.0 Å². The van der Waals surface area contributed by atoms with Gasteiger partial charge in [-0.3, -0.25) is 0 Å². The standard InChI is InChI=1S/C16H16FN3O/c1-3-20-15-7-4-10(17)8-14(15)19-16(20)12-6-5-11(21-2)9-13(12)18/h4-9H,3,18H2,1-2H3. The molecule has 0 aliphatic carbocycles. The summed E-state index contributed by atoms with van der Waals surface area (Å²) < 4.78 is 20.6. The summed E-state index contributed by atoms with van der Waals surface area (Å²) in [6.07, 6.45) is 0. The monoisotopic (exact) mass is 285 g/mol. The van der Waals surface area contributed by atoms with Gasteiger partial charge in [-0.1, -0.05) is 0 Å². The van der Waals surface area contributed by atoms with Crippen LogP contribution in [0.1, 0.15) is 6.92 Å². The van der Waals surface area contributed by atoms with Crippen LogP contribution < -0.4 is 10.5 Å². The molecule has 0 fully saturated rings. The van der Waals surface area contributed by atoms with Gasteiger partial charge in [-0.15, -0.1) is 0 Å². The van der Waals surface area contributed by atoms with E-state index in [1.54, 1.807) is 19.2 Å². The number of hydrogen-bond acceptors (Lipinski definition) is 3. The summed E-state index contributed by atoms with van der Waals surface area (Å²) in [5, 5.41) is 0. The van der Waals surface area contributed by atoms with Gasteiger partial charge in [0, 0.05) is 29.9 Å². The molecule has 0 atom stereocenters. The average molecular weight is 285 g/mol. The van der Waals surface area contributed by atoms with Crippen molar-refractivity contribution in [3.63, 3.8) is 0 Å². The van der Waals surface area contributed by atoms with Crippen LogP contribution in [0, 0.1) is 5.82 Å². The third-order valence-corrected chi connectivity index (χ3v) is 3.53. The number of imidazole rings is 1. The predicted molar refractivity (Wildman–Crippen MR) is 81.8 cm³/mol. The molecule has 0 aliphatic heterocycles. The highest BCUT2D eigenvalue weighted by atomic mass is 19.1. The summed E-state index contributed by atoms with van der Waals surface area (Å²) in [5.74, 6) is 1.14. The van der Waals surface area contributed by atoms with E-state index in [1.165, 1.54) is 12.1 Å². The first-order valence-electron chi connectivity index (χ1n) is 6.73. The first-order valence-corrected chi connectivity index (χ1v) is 6.73. The van der Waals surface area contributed by atoms with Crippen molar-refractivity contribution >= 4 is 16.7 Å². The molecule has 21 heavy (non-hydrogen) atoms. The fraction of sp³-hybridized carbons (Fsp3) is 0.188. The summed E-state index contributed by atoms with van der Waals surface area (Å²) in [7, 11) is 1.60. The minimum Gasteiger partial charge on any atom is -0.497 e. The second-order valence-corrected chi connectivity index (χ2v) is 4.77. The van der Waals surface area contributed by atoms with Crippen molar-refractivity contribution in [3.05, 3.63) is 42.2 Å². The molecule has 4 nitrogen and oxygen atoms in total. The zero-order chi connectivity index (χ0) is 15.0. The maximum Gasteiger partial charge on any atom is 0.143 e. The highest BCUT2D eigenvalue weighted by Crippen LogP contribution is 2.31. The van der Waals surface area contributed by atoms with Crippen molar-refractivity contribution in [2.45, 2.75) is 13.5 Å². The summed E-state index contributed by atoms with van der Waals surface area (Å²) >= 11 is 0. The average Bonchev–Trinajstić information content (AvgIpc) is 2.84. The zero-order valence-corrected chi connectivity index (χ0v) is 11.9. The molecular formula is C16H16FN3O. The second kappa shape index (κ2) is 5.09. The minimum atomic E-state index is -0.294. The summed E-state index contributed by atoms with van der Waals surface area (Å²) in [4.78, 5) is 4.53. The van der Waals surface area contributed by atoms with E-state index in [1.807, 2.05) is 23.6 Å². The number of aromatic nitrogens is 2. The fourth-order valence-electron chi connectivity index (χ4n) is 2.50. The molecule has 0 bridgehead atoms. The Morgan fingerprint density at radius 2 is 2.05 bits per heavy atom. The van der Waals surface area contributed by atoms with Gasteiger partial charge >= 0.3 is 0 Å². The third-order valence-electron chi connectivity index (χ3n) is 3.53. The normalized spacial score (nSPS) is 11.0. The summed E-state index contributed by atoms with van der Waals surface area (Å²) in [6, 6.07) is 10.1. The van der Waals surface area contributed by atoms with E-state index in [2.05, 4.69) is 4.98 Å². The van der Waals surface area contributed by atoms with Crippen LogP contribution in [0.3, 0.4) is 0 Å². The number of halogens is 1. The molecule has 3 rings (SSSR count). The molecule has 2 aromatic carbocycles. The van der Waals surface area contributed by atoms with Gasteiger partial charge in [0.25, 0.3) is 0 Å². The SMILES string of the molecule is CCn1c(-c2ccc(OC)cc2N)nc2cc(F)ccc21. The van der Waals surface area contributed by atoms with Crippen molar-refractivity contribution < 1.29 is 9.13 Å². The molecule has 5 heteroatoms. The van der Waals surface area contributed by atoms with Gasteiger partial charge < -0.3 is 15.0 Å². The van der Waals surface area contributed by atoms with Crippen molar-refractivity contribution in [3.8, 4) is 17.1 Å². The quantitative estimate of drug-likeness (QED) is 0.750. The number of nitrogens with two attached hydrogens (primary N) is 1. The van der Waals surface area contributed by atoms with E-state index in [-0.39, 0.29) is 5.82 Å². The molecule has 0 unspecified atom stereocenters. The molecule has 2 N–H and O–H groups in total. The topological polar surface area (TPSA) is 53.1 Å². The van der Waals surface area contributed by atoms with E-state index >= 15 is 0 Å². The number of hydrogen-bond donors (Lipinski definition) is 1. The Hall–Kier alpha value is -2.56. The van der Waals surface area contributed by atoms with E-state index in [9.17, 15) is 4.39 Å². The summed E-state index contributed by atoms with van der Waals surface area (Å²) in [5.41, 5.74) is 9.01. The molecule has 0 saturated heterocycles. The molecule has 0 aliphatic rings. The molecule has 3 aromatic rings. The van der Waals surface area contributed by atoms with Gasteiger partial charge in [0.05, 0.1) is 18.1 Å². The number of anilines is 1. The van der Waals surface area contributed by atoms with Crippen LogP contribution in [0.15, 0.2) is 36.4 Å². The fourth-order valence-corrected chi connectivity index (χ4v) is 2.50. The lowest BCUT2D eigenvalue weighted by Crippen LogP contribution is -2.00. The lowest BCUT2D eigenvalue weighted by Gasteiger charge is -2.09. The molecule has 1 heterocycles. The van der Waals surface area contributed by atoms with Gasteiger partial charge in [-0.25, -0.2) is 9.37 Å². The zero-order valence-electron chi connectivity index (χ0n) is 11.9. The van der Waals surface area contributed by atoms with Gasteiger partial charge in [-0.05, 0) is 31.2 Å². The number of benzene rings is 2. The van der Waals surface area contributed by atoms with Crippen LogP contribution in [-0.4, -0.2) is 16.7 Å². The van der Waals surface area contributed by atoms with Crippen LogP contribution in [0.5, 0.6) is 5.75 Å². The Labute approximate surface area is 122 Å². The Morgan fingerprint density at radius 1 is 1.24 bits per heavy atom. The minimum absolute atomic E-state index is 0.294. The Balaban J connectivity index is 2.24. The number of aryl methyl sites for hydroxylation is 1. The predicted octanol–water partition coefficient (Wildman–Crippen LogP) is 3.45. The maximum absolute atomic E-state index is 13.4. The van der Waals surface area contributed by atoms with Crippen LogP contribution in [0.2, 0.25) is 0 Å². The third kappa shape index (κ3) is 2.20. The van der Waals surface area contributed by atoms with E-state index in [0.717, 1.165) is 23.4 Å². The largest absolute Gasteiger partial charge is 0.497 e. The van der Waals surface area contributed by atoms with Gasteiger partial charge in [-0.2, -0.15) is 0 Å². The molecular weight excluding hydrogens is 269 g/mol. The van der Waals surface area contributed by atoms with Crippen LogP contribution >= 0.6 is 0 Å². The van der Waals surface area contributed by atoms with Crippen LogP contribution in [0.25, 0.3) is 22.4 Å². The van der Waals surface area contributed by atoms with Crippen LogP contribution in [-0.2, 0) is 6.54 Å². The molecule has 1 aromatic heterocycles. The Morgan fingerprint density at radius 3 is 2.71 bits per heavy atom. The van der Waals surface area contributed by atoms with Crippen molar-refractivity contribution in [2.75, 3.05) is 12.8 Å². The molecule has 0 saturated carbocycles. The van der Waals surface area contributed by atoms with Crippen molar-refractivity contribution in [1.29, 1.82) is 0 Å².